The van der Waals surface area contributed by atoms with Crippen molar-refractivity contribution in [2.75, 3.05) is 13.1 Å². The molecule has 0 spiro atoms. The number of nitriles is 3. The standard InChI is InChI=1S/C22H23N5/c1-14(2)27-9-8-17-18(10-23)21(26)22(12-24,13-25)20(19(17)11-27)16-6-4-15(3)5-7-16/h4-8,14,18-20,26H,9,11H2,1-3H3/p+1/t18-,19+,20-/m0/s1. The summed E-state index contributed by atoms with van der Waals surface area (Å²) in [6.07, 6.45) is 2.08. The van der Waals surface area contributed by atoms with Crippen LogP contribution in [0.3, 0.4) is 0 Å². The third-order valence-electron chi connectivity index (χ3n) is 6.16. The largest absolute Gasteiger partial charge is 0.329 e. The first-order chi connectivity index (χ1) is 12.9. The number of hydrogen-bond acceptors (Lipinski definition) is 4. The van der Waals surface area contributed by atoms with Crippen LogP contribution in [0.2, 0.25) is 0 Å². The normalized spacial score (nSPS) is 29.1. The van der Waals surface area contributed by atoms with E-state index in [2.05, 4.69) is 38.1 Å². The van der Waals surface area contributed by atoms with E-state index in [1.54, 1.807) is 0 Å². The van der Waals surface area contributed by atoms with E-state index in [0.717, 1.165) is 29.8 Å². The van der Waals surface area contributed by atoms with Gasteiger partial charge < -0.3 is 10.3 Å². The minimum absolute atomic E-state index is 0.0731. The first-order valence-corrected chi connectivity index (χ1v) is 9.31. The van der Waals surface area contributed by atoms with E-state index in [4.69, 9.17) is 5.41 Å². The molecule has 1 aromatic carbocycles. The molecule has 27 heavy (non-hydrogen) atoms. The molecule has 1 unspecified atom stereocenters. The molecule has 1 heterocycles. The SMILES string of the molecule is Cc1ccc([C@H]2[C@@H]3C[NH+](C(C)C)CC=C3[C@H](C#N)C(=N)C2(C#N)C#N)cc1. The van der Waals surface area contributed by atoms with E-state index in [1.165, 1.54) is 4.90 Å². The van der Waals surface area contributed by atoms with E-state index in [9.17, 15) is 15.8 Å². The molecule has 136 valence electrons. The van der Waals surface area contributed by atoms with Gasteiger partial charge in [-0.1, -0.05) is 29.8 Å². The Labute approximate surface area is 160 Å². The van der Waals surface area contributed by atoms with Crippen LogP contribution in [0.15, 0.2) is 35.9 Å². The second-order valence-corrected chi connectivity index (χ2v) is 7.93. The second kappa shape index (κ2) is 6.99. The van der Waals surface area contributed by atoms with Crippen molar-refractivity contribution in [3.63, 3.8) is 0 Å². The van der Waals surface area contributed by atoms with Gasteiger partial charge in [0.05, 0.1) is 43.1 Å². The van der Waals surface area contributed by atoms with Crippen molar-refractivity contribution in [3.05, 3.63) is 47.0 Å². The molecule has 1 aromatic rings. The maximum absolute atomic E-state index is 10.0. The number of quaternary nitrogens is 1. The summed E-state index contributed by atoms with van der Waals surface area (Å²) in [5.74, 6) is -1.33. The molecule has 0 radical (unpaired) electrons. The number of hydrogen-bond donors (Lipinski definition) is 2. The zero-order valence-electron chi connectivity index (χ0n) is 16.0. The van der Waals surface area contributed by atoms with E-state index >= 15 is 0 Å². The predicted molar refractivity (Wildman–Crippen MR) is 102 cm³/mol. The Morgan fingerprint density at radius 2 is 1.78 bits per heavy atom. The maximum Gasteiger partial charge on any atom is 0.189 e. The lowest BCUT2D eigenvalue weighted by Crippen LogP contribution is -3.16. The van der Waals surface area contributed by atoms with Crippen LogP contribution in [0.5, 0.6) is 0 Å². The predicted octanol–water partition coefficient (Wildman–Crippen LogP) is 2.13. The van der Waals surface area contributed by atoms with Crippen LogP contribution in [-0.2, 0) is 0 Å². The van der Waals surface area contributed by atoms with Crippen molar-refractivity contribution >= 4 is 5.71 Å². The van der Waals surface area contributed by atoms with Crippen molar-refractivity contribution in [2.24, 2.45) is 17.3 Å². The zero-order chi connectivity index (χ0) is 19.8. The van der Waals surface area contributed by atoms with Gasteiger partial charge in [-0.2, -0.15) is 15.8 Å². The van der Waals surface area contributed by atoms with E-state index in [-0.39, 0.29) is 11.6 Å². The van der Waals surface area contributed by atoms with Crippen LogP contribution < -0.4 is 4.90 Å². The summed E-state index contributed by atoms with van der Waals surface area (Å²) >= 11 is 0. The molecule has 1 aliphatic heterocycles. The first-order valence-electron chi connectivity index (χ1n) is 9.31. The summed E-state index contributed by atoms with van der Waals surface area (Å²) < 4.78 is 0. The molecule has 1 aliphatic carbocycles. The number of rotatable bonds is 2. The average Bonchev–Trinajstić information content (AvgIpc) is 2.67. The maximum atomic E-state index is 10.0. The summed E-state index contributed by atoms with van der Waals surface area (Å²) in [4.78, 5) is 1.37. The summed E-state index contributed by atoms with van der Waals surface area (Å²) in [6.45, 7) is 7.88. The minimum Gasteiger partial charge on any atom is -0.329 e. The summed E-state index contributed by atoms with van der Waals surface area (Å²) in [7, 11) is 0. The summed E-state index contributed by atoms with van der Waals surface area (Å²) in [6, 6.07) is 14.8. The minimum atomic E-state index is -1.61. The van der Waals surface area contributed by atoms with Crippen molar-refractivity contribution in [2.45, 2.75) is 32.7 Å². The number of fused-ring (bicyclic) bond motifs is 1. The molecule has 2 N–H and O–H groups in total. The number of benzene rings is 1. The molecule has 0 bridgehead atoms. The lowest BCUT2D eigenvalue weighted by atomic mass is 9.54. The zero-order valence-corrected chi connectivity index (χ0v) is 16.0. The van der Waals surface area contributed by atoms with Gasteiger partial charge in [0.25, 0.3) is 0 Å². The molecule has 2 aliphatic rings. The fourth-order valence-electron chi connectivity index (χ4n) is 4.54. The van der Waals surface area contributed by atoms with Crippen molar-refractivity contribution in [1.82, 2.24) is 0 Å². The van der Waals surface area contributed by atoms with Crippen LogP contribution in [0.25, 0.3) is 0 Å². The lowest BCUT2D eigenvalue weighted by molar-refractivity contribution is -0.920. The van der Waals surface area contributed by atoms with Crippen LogP contribution in [0.1, 0.15) is 30.9 Å². The van der Waals surface area contributed by atoms with E-state index in [1.807, 2.05) is 31.2 Å². The Hall–Kier alpha value is -2.94. The molecule has 5 heteroatoms. The van der Waals surface area contributed by atoms with Gasteiger partial charge in [-0.3, -0.25) is 0 Å². The number of nitrogens with zero attached hydrogens (tertiary/aromatic N) is 3. The molecule has 0 amide bonds. The van der Waals surface area contributed by atoms with Gasteiger partial charge in [0.2, 0.25) is 0 Å². The molecule has 0 aromatic heterocycles. The first kappa shape index (κ1) is 18.8. The quantitative estimate of drug-likeness (QED) is 0.792. The Morgan fingerprint density at radius 3 is 2.30 bits per heavy atom. The molecule has 1 fully saturated rings. The summed E-state index contributed by atoms with van der Waals surface area (Å²) in [5.41, 5.74) is 1.23. The topological polar surface area (TPSA) is 99.7 Å². The molecule has 5 nitrogen and oxygen atoms in total. The Balaban J connectivity index is 2.23. The van der Waals surface area contributed by atoms with Crippen LogP contribution in [-0.4, -0.2) is 24.8 Å². The lowest BCUT2D eigenvalue weighted by Gasteiger charge is -2.47. The summed E-state index contributed by atoms with van der Waals surface area (Å²) in [5, 5.41) is 38.4. The van der Waals surface area contributed by atoms with Gasteiger partial charge >= 0.3 is 0 Å². The van der Waals surface area contributed by atoms with Crippen LogP contribution in [0, 0.1) is 63.6 Å². The Bertz CT molecular complexity index is 890. The second-order valence-electron chi connectivity index (χ2n) is 7.93. The monoisotopic (exact) mass is 358 g/mol. The van der Waals surface area contributed by atoms with Gasteiger partial charge in [-0.05, 0) is 38.0 Å². The fraction of sp³-hybridized carbons (Fsp3) is 0.455. The van der Waals surface area contributed by atoms with Gasteiger partial charge in [0.1, 0.15) is 5.92 Å². The van der Waals surface area contributed by atoms with E-state index < -0.39 is 17.3 Å². The van der Waals surface area contributed by atoms with Gasteiger partial charge in [0, 0.05) is 11.8 Å². The fourth-order valence-corrected chi connectivity index (χ4v) is 4.54. The van der Waals surface area contributed by atoms with Crippen molar-refractivity contribution < 1.29 is 4.90 Å². The molecular weight excluding hydrogens is 334 g/mol. The molecular formula is C22H24N5+. The smallest absolute Gasteiger partial charge is 0.189 e. The molecule has 0 saturated heterocycles. The number of nitrogens with one attached hydrogen (secondary N) is 2. The third kappa shape index (κ3) is 2.84. The highest BCUT2D eigenvalue weighted by Gasteiger charge is 2.58. The third-order valence-corrected chi connectivity index (χ3v) is 6.16. The molecule has 3 rings (SSSR count). The highest BCUT2D eigenvalue weighted by Crippen LogP contribution is 2.52. The van der Waals surface area contributed by atoms with E-state index in [0.29, 0.717) is 6.04 Å². The Morgan fingerprint density at radius 1 is 1.15 bits per heavy atom. The number of aryl methyl sites for hydroxylation is 1. The average molecular weight is 358 g/mol. The van der Waals surface area contributed by atoms with Gasteiger partial charge in [-0.15, -0.1) is 0 Å². The Kier molecular flexibility index (Phi) is 4.88. The van der Waals surface area contributed by atoms with Gasteiger partial charge in [0.15, 0.2) is 5.41 Å². The van der Waals surface area contributed by atoms with Crippen molar-refractivity contribution in [1.29, 1.82) is 21.2 Å². The molecule has 4 atom stereocenters. The van der Waals surface area contributed by atoms with Gasteiger partial charge in [-0.25, -0.2) is 0 Å². The van der Waals surface area contributed by atoms with Crippen LogP contribution >= 0.6 is 0 Å². The molecule has 1 saturated carbocycles. The van der Waals surface area contributed by atoms with Crippen LogP contribution in [0.4, 0.5) is 0 Å². The van der Waals surface area contributed by atoms with Crippen molar-refractivity contribution in [3.8, 4) is 18.2 Å². The highest BCUT2D eigenvalue weighted by atomic mass is 15.2. The highest BCUT2D eigenvalue weighted by molar-refractivity contribution is 6.00.